The Bertz CT molecular complexity index is 692. The molecule has 0 spiro atoms. The molecule has 2 aromatic rings. The van der Waals surface area contributed by atoms with Gasteiger partial charge >= 0.3 is 0 Å². The van der Waals surface area contributed by atoms with E-state index in [1.54, 1.807) is 31.2 Å². The maximum absolute atomic E-state index is 13.7. The molecule has 0 aromatic heterocycles. The smallest absolute Gasteiger partial charge is 0.238 e. The van der Waals surface area contributed by atoms with E-state index in [1.807, 2.05) is 0 Å². The van der Waals surface area contributed by atoms with Gasteiger partial charge in [-0.1, -0.05) is 18.2 Å². The summed E-state index contributed by atoms with van der Waals surface area (Å²) in [6.07, 6.45) is 0. The molecule has 2 aromatic carbocycles. The minimum atomic E-state index is -0.643. The van der Waals surface area contributed by atoms with Gasteiger partial charge in [0.05, 0.1) is 19.3 Å². The topological polar surface area (TPSA) is 50.4 Å². The Hall–Kier alpha value is -2.47. The van der Waals surface area contributed by atoms with Crippen LogP contribution < -0.4 is 15.4 Å². The lowest BCUT2D eigenvalue weighted by Gasteiger charge is -2.15. The van der Waals surface area contributed by atoms with Crippen molar-refractivity contribution < 1.29 is 18.3 Å². The zero-order chi connectivity index (χ0) is 16.8. The van der Waals surface area contributed by atoms with Crippen molar-refractivity contribution in [2.45, 2.75) is 13.0 Å². The maximum atomic E-state index is 13.7. The molecule has 0 saturated carbocycles. The van der Waals surface area contributed by atoms with E-state index < -0.39 is 17.7 Å². The summed E-state index contributed by atoms with van der Waals surface area (Å²) in [5.74, 6) is -1.01. The Labute approximate surface area is 133 Å². The van der Waals surface area contributed by atoms with Crippen molar-refractivity contribution in [1.29, 1.82) is 0 Å². The Kier molecular flexibility index (Phi) is 5.65. The number of carbonyl (C=O) groups excluding carboxylic acids is 1. The Morgan fingerprint density at radius 2 is 1.96 bits per heavy atom. The van der Waals surface area contributed by atoms with Gasteiger partial charge in [0.2, 0.25) is 5.91 Å². The summed E-state index contributed by atoms with van der Waals surface area (Å²) in [7, 11) is 1.52. The molecule has 0 aliphatic carbocycles. The monoisotopic (exact) mass is 320 g/mol. The van der Waals surface area contributed by atoms with Crippen molar-refractivity contribution >= 4 is 11.6 Å². The van der Waals surface area contributed by atoms with Gasteiger partial charge in [-0.15, -0.1) is 0 Å². The van der Waals surface area contributed by atoms with E-state index in [0.717, 1.165) is 6.07 Å². The Morgan fingerprint density at radius 3 is 2.65 bits per heavy atom. The van der Waals surface area contributed by atoms with Crippen LogP contribution in [0, 0.1) is 11.6 Å². The lowest BCUT2D eigenvalue weighted by atomic mass is 10.1. The third-order valence-electron chi connectivity index (χ3n) is 3.38. The van der Waals surface area contributed by atoms with Crippen LogP contribution in [0.3, 0.4) is 0 Å². The van der Waals surface area contributed by atoms with Crippen molar-refractivity contribution in [2.75, 3.05) is 19.0 Å². The predicted octanol–water partition coefficient (Wildman–Crippen LogP) is 3.26. The van der Waals surface area contributed by atoms with Crippen LogP contribution in [0.4, 0.5) is 14.5 Å². The van der Waals surface area contributed by atoms with E-state index in [0.29, 0.717) is 17.0 Å². The quantitative estimate of drug-likeness (QED) is 0.859. The molecular formula is C17H18F2N2O2. The van der Waals surface area contributed by atoms with Crippen molar-refractivity contribution in [3.63, 3.8) is 0 Å². The number of carbonyl (C=O) groups is 1. The molecule has 2 rings (SSSR count). The predicted molar refractivity (Wildman–Crippen MR) is 84.4 cm³/mol. The lowest BCUT2D eigenvalue weighted by Crippen LogP contribution is -2.30. The number of nitrogens with one attached hydrogen (secondary N) is 2. The van der Waals surface area contributed by atoms with Gasteiger partial charge in [-0.05, 0) is 25.1 Å². The molecule has 0 radical (unpaired) electrons. The highest BCUT2D eigenvalue weighted by Gasteiger charge is 2.13. The van der Waals surface area contributed by atoms with Gasteiger partial charge < -0.3 is 15.4 Å². The molecule has 122 valence electrons. The molecule has 0 aliphatic rings. The van der Waals surface area contributed by atoms with E-state index in [4.69, 9.17) is 4.74 Å². The van der Waals surface area contributed by atoms with Crippen LogP contribution >= 0.6 is 0 Å². The van der Waals surface area contributed by atoms with Crippen LogP contribution in [0.2, 0.25) is 0 Å². The van der Waals surface area contributed by atoms with E-state index in [2.05, 4.69) is 10.6 Å². The molecule has 0 unspecified atom stereocenters. The molecular weight excluding hydrogens is 302 g/mol. The number of rotatable bonds is 6. The van der Waals surface area contributed by atoms with Gasteiger partial charge in [-0.2, -0.15) is 0 Å². The van der Waals surface area contributed by atoms with Crippen LogP contribution in [-0.2, 0) is 4.79 Å². The molecule has 0 fully saturated rings. The van der Waals surface area contributed by atoms with Crippen molar-refractivity contribution in [3.8, 4) is 5.75 Å². The molecule has 0 bridgehead atoms. The molecule has 23 heavy (non-hydrogen) atoms. The first kappa shape index (κ1) is 16.9. The highest BCUT2D eigenvalue weighted by Crippen LogP contribution is 2.23. The van der Waals surface area contributed by atoms with Crippen molar-refractivity contribution in [1.82, 2.24) is 5.32 Å². The first-order valence-electron chi connectivity index (χ1n) is 7.12. The van der Waals surface area contributed by atoms with E-state index in [1.165, 1.54) is 19.2 Å². The number of hydrogen-bond acceptors (Lipinski definition) is 3. The fourth-order valence-electron chi connectivity index (χ4n) is 2.15. The third kappa shape index (κ3) is 4.50. The molecule has 4 nitrogen and oxygen atoms in total. The van der Waals surface area contributed by atoms with Gasteiger partial charge in [0.1, 0.15) is 17.4 Å². The highest BCUT2D eigenvalue weighted by atomic mass is 19.1. The molecule has 1 atom stereocenters. The molecule has 6 heteroatoms. The fraction of sp³-hybridized carbons (Fsp3) is 0.235. The largest absolute Gasteiger partial charge is 0.495 e. The van der Waals surface area contributed by atoms with Gasteiger partial charge in [0.15, 0.2) is 0 Å². The summed E-state index contributed by atoms with van der Waals surface area (Å²) in [5, 5.41) is 5.61. The van der Waals surface area contributed by atoms with Gasteiger partial charge in [-0.3, -0.25) is 4.79 Å². The fourth-order valence-corrected chi connectivity index (χ4v) is 2.15. The molecule has 0 heterocycles. The second kappa shape index (κ2) is 7.69. The number of hydrogen-bond donors (Lipinski definition) is 2. The Balaban J connectivity index is 1.93. The number of benzene rings is 2. The van der Waals surface area contributed by atoms with Crippen LogP contribution in [0.25, 0.3) is 0 Å². The van der Waals surface area contributed by atoms with E-state index in [-0.39, 0.29) is 12.5 Å². The summed E-state index contributed by atoms with van der Waals surface area (Å²) in [4.78, 5) is 12.0. The number of methoxy groups -OCH3 is 1. The first-order valence-corrected chi connectivity index (χ1v) is 7.12. The number of ether oxygens (including phenoxy) is 1. The van der Waals surface area contributed by atoms with Crippen LogP contribution in [0.15, 0.2) is 42.5 Å². The van der Waals surface area contributed by atoms with E-state index >= 15 is 0 Å². The second-order valence-corrected chi connectivity index (χ2v) is 5.02. The lowest BCUT2D eigenvalue weighted by molar-refractivity contribution is -0.115. The van der Waals surface area contributed by atoms with E-state index in [9.17, 15) is 13.6 Å². The minimum Gasteiger partial charge on any atom is -0.495 e. The molecule has 1 amide bonds. The summed E-state index contributed by atoms with van der Waals surface area (Å²) in [6.45, 7) is 1.68. The number of para-hydroxylation sites is 2. The molecule has 0 aliphatic heterocycles. The first-order chi connectivity index (χ1) is 11.0. The standard InChI is InChI=1S/C17H18F2N2O2/c1-11(13-8-7-12(18)9-14(13)19)20-10-17(22)21-15-5-3-4-6-16(15)23-2/h3-9,11,20H,10H2,1-2H3,(H,21,22)/t11-/m1/s1. The summed E-state index contributed by atoms with van der Waals surface area (Å²) in [5.41, 5.74) is 0.860. The summed E-state index contributed by atoms with van der Waals surface area (Å²) < 4.78 is 31.7. The van der Waals surface area contributed by atoms with Gasteiger partial charge in [-0.25, -0.2) is 8.78 Å². The van der Waals surface area contributed by atoms with Crippen molar-refractivity contribution in [2.24, 2.45) is 0 Å². The van der Waals surface area contributed by atoms with Gasteiger partial charge in [0, 0.05) is 17.7 Å². The zero-order valence-electron chi connectivity index (χ0n) is 12.9. The highest BCUT2D eigenvalue weighted by molar-refractivity contribution is 5.93. The Morgan fingerprint density at radius 1 is 1.22 bits per heavy atom. The van der Waals surface area contributed by atoms with Crippen LogP contribution in [0.1, 0.15) is 18.5 Å². The average molecular weight is 320 g/mol. The summed E-state index contributed by atoms with van der Waals surface area (Å²) in [6, 6.07) is 9.97. The van der Waals surface area contributed by atoms with Crippen LogP contribution in [0.5, 0.6) is 5.75 Å². The SMILES string of the molecule is COc1ccccc1NC(=O)CN[C@H](C)c1ccc(F)cc1F. The molecule has 0 saturated heterocycles. The van der Waals surface area contributed by atoms with Gasteiger partial charge in [0.25, 0.3) is 0 Å². The third-order valence-corrected chi connectivity index (χ3v) is 3.38. The molecule has 2 N–H and O–H groups in total. The zero-order valence-corrected chi connectivity index (χ0v) is 12.9. The van der Waals surface area contributed by atoms with Crippen LogP contribution in [-0.4, -0.2) is 19.6 Å². The minimum absolute atomic E-state index is 0.0178. The summed E-state index contributed by atoms with van der Waals surface area (Å²) >= 11 is 0. The second-order valence-electron chi connectivity index (χ2n) is 5.02. The number of halogens is 2. The maximum Gasteiger partial charge on any atom is 0.238 e. The number of anilines is 1. The number of amides is 1. The average Bonchev–Trinajstić information content (AvgIpc) is 2.53. The van der Waals surface area contributed by atoms with Crippen molar-refractivity contribution in [3.05, 3.63) is 59.7 Å². The normalized spacial score (nSPS) is 11.8.